The maximum absolute atomic E-state index is 11.3. The van der Waals surface area contributed by atoms with Crippen LogP contribution in [-0.2, 0) is 9.59 Å². The summed E-state index contributed by atoms with van der Waals surface area (Å²) in [5.74, 6) is -0.856. The van der Waals surface area contributed by atoms with Crippen molar-refractivity contribution in [2.24, 2.45) is 0 Å². The van der Waals surface area contributed by atoms with Crippen molar-refractivity contribution in [3.05, 3.63) is 0 Å². The molecule has 0 bridgehead atoms. The number of rotatable bonds is 6. The molecule has 0 aromatic heterocycles. The van der Waals surface area contributed by atoms with E-state index in [1.165, 1.54) is 16.7 Å². The van der Waals surface area contributed by atoms with E-state index in [0.717, 1.165) is 0 Å². The standard InChI is InChI=1S/C8H12N2O3S/c1-2-10(5-8(12)13)7(11)6-14-4-3-9/h2,4-6H2,1H3,(H,12,13). The van der Waals surface area contributed by atoms with E-state index in [4.69, 9.17) is 10.4 Å². The minimum absolute atomic E-state index is 0.161. The number of thioether (sulfide) groups is 1. The van der Waals surface area contributed by atoms with Gasteiger partial charge in [0.1, 0.15) is 6.54 Å². The van der Waals surface area contributed by atoms with Crippen LogP contribution in [0, 0.1) is 11.3 Å². The normalized spacial score (nSPS) is 9.14. The van der Waals surface area contributed by atoms with Gasteiger partial charge in [-0.3, -0.25) is 9.59 Å². The summed E-state index contributed by atoms with van der Waals surface area (Å²) >= 11 is 1.19. The summed E-state index contributed by atoms with van der Waals surface area (Å²) in [6.07, 6.45) is 0. The molecule has 0 saturated heterocycles. The molecular formula is C8H12N2O3S. The molecule has 78 valence electrons. The van der Waals surface area contributed by atoms with Crippen LogP contribution >= 0.6 is 11.8 Å². The van der Waals surface area contributed by atoms with Crippen molar-refractivity contribution in [3.63, 3.8) is 0 Å². The molecule has 14 heavy (non-hydrogen) atoms. The zero-order chi connectivity index (χ0) is 11.0. The Morgan fingerprint density at radius 1 is 1.57 bits per heavy atom. The summed E-state index contributed by atoms with van der Waals surface area (Å²) in [6, 6.07) is 1.90. The van der Waals surface area contributed by atoms with Crippen LogP contribution in [0.1, 0.15) is 6.92 Å². The fourth-order valence-corrected chi connectivity index (χ4v) is 1.37. The highest BCUT2D eigenvalue weighted by atomic mass is 32.2. The van der Waals surface area contributed by atoms with Gasteiger partial charge in [0, 0.05) is 6.54 Å². The Labute approximate surface area is 86.7 Å². The molecule has 5 nitrogen and oxygen atoms in total. The molecular weight excluding hydrogens is 204 g/mol. The Bertz CT molecular complexity index is 249. The van der Waals surface area contributed by atoms with Crippen LogP contribution in [0.4, 0.5) is 0 Å². The Balaban J connectivity index is 3.93. The van der Waals surface area contributed by atoms with Gasteiger partial charge >= 0.3 is 5.97 Å². The van der Waals surface area contributed by atoms with Crippen LogP contribution in [0.3, 0.4) is 0 Å². The molecule has 0 aliphatic carbocycles. The lowest BCUT2D eigenvalue weighted by Crippen LogP contribution is -2.36. The highest BCUT2D eigenvalue weighted by Gasteiger charge is 2.14. The Hall–Kier alpha value is -1.22. The van der Waals surface area contributed by atoms with Gasteiger partial charge in [0.2, 0.25) is 5.91 Å². The van der Waals surface area contributed by atoms with E-state index >= 15 is 0 Å². The highest BCUT2D eigenvalue weighted by molar-refractivity contribution is 8.00. The zero-order valence-electron chi connectivity index (χ0n) is 7.89. The molecule has 1 N–H and O–H groups in total. The lowest BCUT2D eigenvalue weighted by molar-refractivity contribution is -0.143. The van der Waals surface area contributed by atoms with Gasteiger partial charge in [-0.15, -0.1) is 11.8 Å². The van der Waals surface area contributed by atoms with Crippen LogP contribution in [-0.4, -0.2) is 46.5 Å². The van der Waals surface area contributed by atoms with E-state index in [-0.39, 0.29) is 24.0 Å². The zero-order valence-corrected chi connectivity index (χ0v) is 8.71. The van der Waals surface area contributed by atoms with Crippen molar-refractivity contribution in [3.8, 4) is 6.07 Å². The van der Waals surface area contributed by atoms with Crippen LogP contribution < -0.4 is 0 Å². The second kappa shape index (κ2) is 7.21. The molecule has 0 aliphatic rings. The lowest BCUT2D eigenvalue weighted by atomic mass is 10.4. The Kier molecular flexibility index (Phi) is 6.58. The Morgan fingerprint density at radius 3 is 2.64 bits per heavy atom. The van der Waals surface area contributed by atoms with E-state index in [1.807, 2.05) is 6.07 Å². The van der Waals surface area contributed by atoms with Gasteiger partial charge in [0.25, 0.3) is 0 Å². The van der Waals surface area contributed by atoms with Crippen molar-refractivity contribution < 1.29 is 14.7 Å². The van der Waals surface area contributed by atoms with Gasteiger partial charge in [-0.25, -0.2) is 0 Å². The van der Waals surface area contributed by atoms with E-state index in [1.54, 1.807) is 6.92 Å². The summed E-state index contributed by atoms with van der Waals surface area (Å²) < 4.78 is 0. The van der Waals surface area contributed by atoms with Crippen molar-refractivity contribution in [1.82, 2.24) is 4.90 Å². The minimum atomic E-state index is -1.02. The smallest absolute Gasteiger partial charge is 0.323 e. The summed E-state index contributed by atoms with van der Waals surface area (Å²) in [5, 5.41) is 16.7. The van der Waals surface area contributed by atoms with Crippen LogP contribution in [0.2, 0.25) is 0 Å². The van der Waals surface area contributed by atoms with Gasteiger partial charge in [-0.05, 0) is 6.92 Å². The number of carboxylic acids is 1. The third kappa shape index (κ3) is 5.43. The largest absolute Gasteiger partial charge is 0.480 e. The number of carbonyl (C=O) groups is 2. The second-order valence-electron chi connectivity index (χ2n) is 2.45. The van der Waals surface area contributed by atoms with E-state index < -0.39 is 5.97 Å². The number of hydrogen-bond acceptors (Lipinski definition) is 4. The van der Waals surface area contributed by atoms with Crippen LogP contribution in [0.15, 0.2) is 0 Å². The number of aliphatic carboxylic acids is 1. The van der Waals surface area contributed by atoms with Gasteiger partial charge in [-0.1, -0.05) is 0 Å². The molecule has 0 atom stereocenters. The molecule has 1 amide bonds. The molecule has 0 spiro atoms. The predicted molar refractivity (Wildman–Crippen MR) is 52.8 cm³/mol. The maximum atomic E-state index is 11.3. The van der Waals surface area contributed by atoms with Crippen LogP contribution in [0.5, 0.6) is 0 Å². The predicted octanol–water partition coefficient (Wildman–Crippen LogP) is 0.176. The average molecular weight is 216 g/mol. The minimum Gasteiger partial charge on any atom is -0.480 e. The van der Waals surface area contributed by atoms with E-state index in [0.29, 0.717) is 6.54 Å². The van der Waals surface area contributed by atoms with Crippen molar-refractivity contribution in [1.29, 1.82) is 5.26 Å². The molecule has 6 heteroatoms. The average Bonchev–Trinajstić information content (AvgIpc) is 2.14. The number of nitriles is 1. The molecule has 0 aromatic carbocycles. The van der Waals surface area contributed by atoms with Crippen molar-refractivity contribution in [2.45, 2.75) is 6.92 Å². The molecule has 0 fully saturated rings. The molecule has 0 heterocycles. The molecule has 0 unspecified atom stereocenters. The summed E-state index contributed by atoms with van der Waals surface area (Å²) in [7, 11) is 0. The first-order valence-electron chi connectivity index (χ1n) is 4.06. The van der Waals surface area contributed by atoms with Gasteiger partial charge in [-0.2, -0.15) is 5.26 Å². The number of amides is 1. The van der Waals surface area contributed by atoms with E-state index in [9.17, 15) is 9.59 Å². The van der Waals surface area contributed by atoms with Crippen molar-refractivity contribution >= 4 is 23.6 Å². The van der Waals surface area contributed by atoms with Crippen molar-refractivity contribution in [2.75, 3.05) is 24.6 Å². The van der Waals surface area contributed by atoms with Gasteiger partial charge < -0.3 is 10.0 Å². The lowest BCUT2D eigenvalue weighted by Gasteiger charge is -2.17. The molecule has 0 radical (unpaired) electrons. The van der Waals surface area contributed by atoms with E-state index in [2.05, 4.69) is 0 Å². The molecule has 0 aliphatic heterocycles. The maximum Gasteiger partial charge on any atom is 0.323 e. The topological polar surface area (TPSA) is 81.4 Å². The SMILES string of the molecule is CCN(CC(=O)O)C(=O)CSCC#N. The van der Waals surface area contributed by atoms with Crippen LogP contribution in [0.25, 0.3) is 0 Å². The summed E-state index contributed by atoms with van der Waals surface area (Å²) in [5.41, 5.74) is 0. The Morgan fingerprint density at radius 2 is 2.21 bits per heavy atom. The molecule has 0 rings (SSSR count). The van der Waals surface area contributed by atoms with Gasteiger partial charge in [0.15, 0.2) is 0 Å². The number of carboxylic acid groups (broad SMARTS) is 1. The number of hydrogen-bond donors (Lipinski definition) is 1. The fraction of sp³-hybridized carbons (Fsp3) is 0.625. The number of likely N-dealkylation sites (N-methyl/N-ethyl adjacent to an activating group) is 1. The van der Waals surface area contributed by atoms with Gasteiger partial charge in [0.05, 0.1) is 17.6 Å². The monoisotopic (exact) mass is 216 g/mol. The first-order chi connectivity index (χ1) is 6.61. The quantitative estimate of drug-likeness (QED) is 0.640. The fourth-order valence-electron chi connectivity index (χ4n) is 0.815. The second-order valence-corrected chi connectivity index (χ2v) is 3.44. The number of nitrogens with zero attached hydrogens (tertiary/aromatic N) is 2. The molecule has 0 saturated carbocycles. The first-order valence-corrected chi connectivity index (χ1v) is 5.21. The number of carbonyl (C=O) groups excluding carboxylic acids is 1. The third-order valence-corrected chi connectivity index (χ3v) is 2.24. The highest BCUT2D eigenvalue weighted by Crippen LogP contribution is 2.01. The summed E-state index contributed by atoms with van der Waals surface area (Å²) in [4.78, 5) is 22.9. The summed E-state index contributed by atoms with van der Waals surface area (Å²) in [6.45, 7) is 1.82. The third-order valence-electron chi connectivity index (χ3n) is 1.45. The molecule has 0 aromatic rings. The first kappa shape index (κ1) is 12.8.